The van der Waals surface area contributed by atoms with Crippen LogP contribution in [-0.4, -0.2) is 17.2 Å². The van der Waals surface area contributed by atoms with E-state index in [4.69, 9.17) is 10.2 Å². The van der Waals surface area contributed by atoms with Crippen molar-refractivity contribution in [2.45, 2.75) is 52.5 Å². The van der Waals surface area contributed by atoms with E-state index < -0.39 is 0 Å². The predicted molar refractivity (Wildman–Crippen MR) is 134 cm³/mol. The Morgan fingerprint density at radius 1 is 0.812 bits per heavy atom. The number of benzene rings is 3. The summed E-state index contributed by atoms with van der Waals surface area (Å²) in [6, 6.07) is 22.3. The average Bonchev–Trinajstić information content (AvgIpc) is 3.01. The fourth-order valence-electron chi connectivity index (χ4n) is 5.53. The molecule has 1 atom stereocenters. The van der Waals surface area contributed by atoms with Crippen molar-refractivity contribution >= 4 is 16.6 Å². The second kappa shape index (κ2) is 8.38. The van der Waals surface area contributed by atoms with Gasteiger partial charge in [-0.1, -0.05) is 72.6 Å². The Kier molecular flexibility index (Phi) is 5.42. The van der Waals surface area contributed by atoms with Gasteiger partial charge in [-0.15, -0.1) is 10.2 Å². The number of nitrogens with zero attached hydrogens (tertiary/aromatic N) is 3. The molecule has 0 aliphatic heterocycles. The van der Waals surface area contributed by atoms with E-state index in [0.717, 1.165) is 24.4 Å². The number of aromatic nitrogens is 2. The molecule has 4 aromatic rings. The Balaban J connectivity index is 1.66. The molecule has 0 saturated carbocycles. The molecule has 32 heavy (non-hydrogen) atoms. The molecule has 5 rings (SSSR count). The molecular formula is C29H31N3. The van der Waals surface area contributed by atoms with Crippen molar-refractivity contribution in [3.05, 3.63) is 88.5 Å². The second-order valence-corrected chi connectivity index (χ2v) is 9.26. The number of anilines is 1. The van der Waals surface area contributed by atoms with Crippen LogP contribution in [0.25, 0.3) is 22.0 Å². The lowest BCUT2D eigenvalue weighted by molar-refractivity contribution is 0.582. The summed E-state index contributed by atoms with van der Waals surface area (Å²) in [5.74, 6) is 0.966. The zero-order valence-electron chi connectivity index (χ0n) is 19.5. The van der Waals surface area contributed by atoms with Gasteiger partial charge in [-0.2, -0.15) is 0 Å². The van der Waals surface area contributed by atoms with E-state index in [9.17, 15) is 0 Å². The number of hydrogen-bond donors (Lipinski definition) is 0. The molecule has 0 fully saturated rings. The number of rotatable bonds is 3. The number of fused-ring (bicyclic) bond motifs is 2. The second-order valence-electron chi connectivity index (χ2n) is 9.26. The zero-order valence-corrected chi connectivity index (χ0v) is 19.5. The SMILES string of the molecule is Cc1cc(C)c(-c2nnc(N(C)C3CCCCc4ccccc43)c3ccccc23)c(C)c1. The predicted octanol–water partition coefficient (Wildman–Crippen LogP) is 7.13. The molecule has 3 heteroatoms. The average molecular weight is 422 g/mol. The third kappa shape index (κ3) is 3.56. The van der Waals surface area contributed by atoms with Gasteiger partial charge in [-0.05, 0) is 62.3 Å². The molecule has 0 spiro atoms. The summed E-state index contributed by atoms with van der Waals surface area (Å²) in [4.78, 5) is 2.36. The van der Waals surface area contributed by atoms with Crippen molar-refractivity contribution in [3.63, 3.8) is 0 Å². The molecule has 1 aliphatic rings. The van der Waals surface area contributed by atoms with Crippen molar-refractivity contribution in [1.82, 2.24) is 10.2 Å². The van der Waals surface area contributed by atoms with Crippen LogP contribution >= 0.6 is 0 Å². The fraction of sp³-hybridized carbons (Fsp3) is 0.310. The minimum absolute atomic E-state index is 0.320. The van der Waals surface area contributed by atoms with E-state index in [1.54, 1.807) is 0 Å². The summed E-state index contributed by atoms with van der Waals surface area (Å²) in [6.45, 7) is 6.50. The molecular weight excluding hydrogens is 390 g/mol. The van der Waals surface area contributed by atoms with Gasteiger partial charge >= 0.3 is 0 Å². The first-order valence-electron chi connectivity index (χ1n) is 11.7. The van der Waals surface area contributed by atoms with Crippen LogP contribution < -0.4 is 4.90 Å². The molecule has 3 aromatic carbocycles. The molecule has 1 aliphatic carbocycles. The molecule has 1 aromatic heterocycles. The van der Waals surface area contributed by atoms with Crippen LogP contribution in [0.5, 0.6) is 0 Å². The van der Waals surface area contributed by atoms with Crippen LogP contribution in [0.15, 0.2) is 60.7 Å². The molecule has 0 amide bonds. The number of hydrogen-bond acceptors (Lipinski definition) is 3. The molecule has 1 unspecified atom stereocenters. The van der Waals surface area contributed by atoms with Gasteiger partial charge in [0.25, 0.3) is 0 Å². The van der Waals surface area contributed by atoms with Crippen LogP contribution in [-0.2, 0) is 6.42 Å². The van der Waals surface area contributed by atoms with Crippen LogP contribution in [0.2, 0.25) is 0 Å². The molecule has 162 valence electrons. The first-order valence-corrected chi connectivity index (χ1v) is 11.7. The topological polar surface area (TPSA) is 29.0 Å². The Labute approximate surface area is 191 Å². The molecule has 0 radical (unpaired) electrons. The van der Waals surface area contributed by atoms with E-state index in [0.29, 0.717) is 6.04 Å². The van der Waals surface area contributed by atoms with Crippen molar-refractivity contribution in [2.75, 3.05) is 11.9 Å². The van der Waals surface area contributed by atoms with Gasteiger partial charge in [-0.3, -0.25) is 0 Å². The van der Waals surface area contributed by atoms with E-state index in [1.165, 1.54) is 57.0 Å². The Bertz CT molecular complexity index is 1270. The minimum atomic E-state index is 0.320. The molecule has 1 heterocycles. The summed E-state index contributed by atoms with van der Waals surface area (Å²) in [7, 11) is 2.19. The van der Waals surface area contributed by atoms with Gasteiger partial charge in [0.1, 0.15) is 5.69 Å². The lowest BCUT2D eigenvalue weighted by Gasteiger charge is -2.30. The maximum Gasteiger partial charge on any atom is 0.159 e. The van der Waals surface area contributed by atoms with Crippen molar-refractivity contribution in [2.24, 2.45) is 0 Å². The van der Waals surface area contributed by atoms with Crippen molar-refractivity contribution in [3.8, 4) is 11.3 Å². The number of aryl methyl sites for hydroxylation is 4. The maximum absolute atomic E-state index is 4.84. The summed E-state index contributed by atoms with van der Waals surface area (Å²) >= 11 is 0. The molecule has 0 N–H and O–H groups in total. The van der Waals surface area contributed by atoms with Gasteiger partial charge in [0.2, 0.25) is 0 Å². The molecule has 3 nitrogen and oxygen atoms in total. The van der Waals surface area contributed by atoms with Gasteiger partial charge in [0.15, 0.2) is 5.82 Å². The van der Waals surface area contributed by atoms with E-state index in [-0.39, 0.29) is 0 Å². The maximum atomic E-state index is 4.84. The van der Waals surface area contributed by atoms with Crippen molar-refractivity contribution < 1.29 is 0 Å². The first kappa shape index (κ1) is 20.7. The normalized spacial score (nSPS) is 15.9. The summed E-state index contributed by atoms with van der Waals surface area (Å²) in [6.07, 6.45) is 4.78. The third-order valence-electron chi connectivity index (χ3n) is 6.97. The lowest BCUT2D eigenvalue weighted by atomic mass is 9.94. The third-order valence-corrected chi connectivity index (χ3v) is 6.97. The first-order chi connectivity index (χ1) is 15.5. The van der Waals surface area contributed by atoms with Crippen LogP contribution in [0, 0.1) is 20.8 Å². The quantitative estimate of drug-likeness (QED) is 0.330. The fourth-order valence-corrected chi connectivity index (χ4v) is 5.53. The summed E-state index contributed by atoms with van der Waals surface area (Å²) in [5.41, 5.74) is 8.88. The van der Waals surface area contributed by atoms with Gasteiger partial charge in [-0.25, -0.2) is 0 Å². The van der Waals surface area contributed by atoms with Crippen molar-refractivity contribution in [1.29, 1.82) is 0 Å². The Hall–Kier alpha value is -3.20. The highest BCUT2D eigenvalue weighted by Gasteiger charge is 2.25. The standard InChI is InChI=1S/C29H31N3/c1-19-17-20(2)27(21(3)18-19)28-24-14-8-9-15-25(24)29(31-30-28)32(4)26-16-10-6-12-22-11-5-7-13-23(22)26/h5,7-9,11,13-15,17-18,26H,6,10,12,16H2,1-4H3. The van der Waals surface area contributed by atoms with E-state index in [1.807, 2.05) is 0 Å². The van der Waals surface area contributed by atoms with Gasteiger partial charge in [0.05, 0.1) is 6.04 Å². The van der Waals surface area contributed by atoms with Crippen LogP contribution in [0.4, 0.5) is 5.82 Å². The van der Waals surface area contributed by atoms with Crippen LogP contribution in [0.3, 0.4) is 0 Å². The zero-order chi connectivity index (χ0) is 22.2. The van der Waals surface area contributed by atoms with Gasteiger partial charge < -0.3 is 4.90 Å². The largest absolute Gasteiger partial charge is 0.351 e. The smallest absolute Gasteiger partial charge is 0.159 e. The van der Waals surface area contributed by atoms with Crippen LogP contribution in [0.1, 0.15) is 53.1 Å². The summed E-state index contributed by atoms with van der Waals surface area (Å²) in [5, 5.41) is 12.0. The monoisotopic (exact) mass is 421 g/mol. The Morgan fingerprint density at radius 3 is 2.28 bits per heavy atom. The minimum Gasteiger partial charge on any atom is -0.351 e. The molecule has 0 saturated heterocycles. The van der Waals surface area contributed by atoms with E-state index in [2.05, 4.69) is 93.4 Å². The molecule has 0 bridgehead atoms. The van der Waals surface area contributed by atoms with E-state index >= 15 is 0 Å². The Morgan fingerprint density at radius 2 is 1.50 bits per heavy atom. The highest BCUT2D eigenvalue weighted by Crippen LogP contribution is 2.39. The lowest BCUT2D eigenvalue weighted by Crippen LogP contribution is -2.26. The highest BCUT2D eigenvalue weighted by atomic mass is 15.3. The summed E-state index contributed by atoms with van der Waals surface area (Å²) < 4.78 is 0. The van der Waals surface area contributed by atoms with Gasteiger partial charge in [0, 0.05) is 23.4 Å². The highest BCUT2D eigenvalue weighted by molar-refractivity contribution is 6.01.